The minimum Gasteiger partial charge on any atom is -0.383 e. The van der Waals surface area contributed by atoms with Gasteiger partial charge in [0.15, 0.2) is 5.78 Å². The number of nitrogens with two attached hydrogens (primary N) is 1. The van der Waals surface area contributed by atoms with E-state index in [2.05, 4.69) is 10.2 Å². The summed E-state index contributed by atoms with van der Waals surface area (Å²) in [6.07, 6.45) is 2.71. The molecule has 0 aliphatic carbocycles. The number of H-pyrrole nitrogens is 1. The van der Waals surface area contributed by atoms with E-state index in [1.54, 1.807) is 11.3 Å². The van der Waals surface area contributed by atoms with Crippen molar-refractivity contribution in [1.29, 1.82) is 0 Å². The molecule has 0 aliphatic rings. The number of hydrogen-bond acceptors (Lipinski definition) is 4. The number of aryl methyl sites for hydroxylation is 1. The lowest BCUT2D eigenvalue weighted by Crippen LogP contribution is -2.03. The SMILES string of the molecule is Nc1[nH]ncc1C(=O)CCc1ccsc1. The Kier molecular flexibility index (Phi) is 2.82. The number of carbonyl (C=O) groups is 1. The lowest BCUT2D eigenvalue weighted by atomic mass is 10.1. The summed E-state index contributed by atoms with van der Waals surface area (Å²) in [5, 5.41) is 10.3. The van der Waals surface area contributed by atoms with Crippen LogP contribution in [0, 0.1) is 0 Å². The fourth-order valence-corrected chi connectivity index (χ4v) is 2.05. The molecule has 2 aromatic rings. The number of hydrogen-bond donors (Lipinski definition) is 2. The van der Waals surface area contributed by atoms with E-state index in [4.69, 9.17) is 5.73 Å². The summed E-state index contributed by atoms with van der Waals surface area (Å²) in [5.41, 5.74) is 7.23. The van der Waals surface area contributed by atoms with Gasteiger partial charge >= 0.3 is 0 Å². The average molecular weight is 221 g/mol. The van der Waals surface area contributed by atoms with Gasteiger partial charge in [0, 0.05) is 6.42 Å². The molecule has 78 valence electrons. The number of rotatable bonds is 4. The number of nitrogens with one attached hydrogen (secondary N) is 1. The molecular weight excluding hydrogens is 210 g/mol. The van der Waals surface area contributed by atoms with E-state index in [-0.39, 0.29) is 5.78 Å². The molecule has 4 nitrogen and oxygen atoms in total. The van der Waals surface area contributed by atoms with Crippen molar-refractivity contribution in [3.63, 3.8) is 0 Å². The Morgan fingerprint density at radius 1 is 1.60 bits per heavy atom. The fourth-order valence-electron chi connectivity index (χ4n) is 1.35. The fraction of sp³-hybridized carbons (Fsp3) is 0.200. The second-order valence-corrected chi connectivity index (χ2v) is 4.03. The highest BCUT2D eigenvalue weighted by molar-refractivity contribution is 7.07. The van der Waals surface area contributed by atoms with E-state index in [1.165, 1.54) is 11.8 Å². The highest BCUT2D eigenvalue weighted by Gasteiger charge is 2.11. The molecule has 0 bridgehead atoms. The number of nitrogen functional groups attached to an aromatic ring is 1. The first-order valence-electron chi connectivity index (χ1n) is 4.60. The normalized spacial score (nSPS) is 10.4. The quantitative estimate of drug-likeness (QED) is 0.774. The van der Waals surface area contributed by atoms with Gasteiger partial charge in [0.1, 0.15) is 5.82 Å². The zero-order valence-electron chi connectivity index (χ0n) is 8.06. The number of anilines is 1. The van der Waals surface area contributed by atoms with E-state index in [1.807, 2.05) is 16.8 Å². The Balaban J connectivity index is 1.96. The standard InChI is InChI=1S/C10H11N3OS/c11-10-8(5-12-13-10)9(14)2-1-7-3-4-15-6-7/h3-6H,1-2H2,(H3,11,12,13). The maximum atomic E-state index is 11.7. The van der Waals surface area contributed by atoms with Crippen LogP contribution >= 0.6 is 11.3 Å². The van der Waals surface area contributed by atoms with E-state index in [0.29, 0.717) is 17.8 Å². The van der Waals surface area contributed by atoms with Crippen molar-refractivity contribution in [3.05, 3.63) is 34.2 Å². The molecule has 0 atom stereocenters. The number of aromatic amines is 1. The highest BCUT2D eigenvalue weighted by Crippen LogP contribution is 2.13. The minimum atomic E-state index is 0.0347. The summed E-state index contributed by atoms with van der Waals surface area (Å²) in [7, 11) is 0. The Labute approximate surface area is 91.1 Å². The van der Waals surface area contributed by atoms with Crippen LogP contribution in [0.25, 0.3) is 0 Å². The van der Waals surface area contributed by atoms with Gasteiger partial charge in [-0.05, 0) is 28.8 Å². The summed E-state index contributed by atoms with van der Waals surface area (Å²) in [4.78, 5) is 11.7. The van der Waals surface area contributed by atoms with Crippen molar-refractivity contribution in [3.8, 4) is 0 Å². The summed E-state index contributed by atoms with van der Waals surface area (Å²) in [6, 6.07) is 2.02. The molecule has 0 radical (unpaired) electrons. The Morgan fingerprint density at radius 2 is 2.47 bits per heavy atom. The van der Waals surface area contributed by atoms with Crippen LogP contribution in [0.5, 0.6) is 0 Å². The van der Waals surface area contributed by atoms with Crippen LogP contribution in [0.4, 0.5) is 5.82 Å². The van der Waals surface area contributed by atoms with Gasteiger partial charge in [0.2, 0.25) is 0 Å². The second kappa shape index (κ2) is 4.27. The lowest BCUT2D eigenvalue weighted by molar-refractivity contribution is 0.0984. The third kappa shape index (κ3) is 2.24. The monoisotopic (exact) mass is 221 g/mol. The van der Waals surface area contributed by atoms with Crippen LogP contribution in [0.2, 0.25) is 0 Å². The third-order valence-electron chi connectivity index (χ3n) is 2.19. The second-order valence-electron chi connectivity index (χ2n) is 3.25. The molecule has 0 amide bonds. The highest BCUT2D eigenvalue weighted by atomic mass is 32.1. The van der Waals surface area contributed by atoms with Gasteiger partial charge in [-0.3, -0.25) is 9.89 Å². The molecule has 0 unspecified atom stereocenters. The first kappa shape index (κ1) is 9.92. The van der Waals surface area contributed by atoms with Crippen LogP contribution in [0.3, 0.4) is 0 Å². The van der Waals surface area contributed by atoms with Crippen molar-refractivity contribution < 1.29 is 4.79 Å². The van der Waals surface area contributed by atoms with E-state index in [0.717, 1.165) is 6.42 Å². The predicted octanol–water partition coefficient (Wildman–Crippen LogP) is 1.87. The van der Waals surface area contributed by atoms with Gasteiger partial charge in [-0.2, -0.15) is 16.4 Å². The number of ketones is 1. The van der Waals surface area contributed by atoms with Crippen LogP contribution in [0.15, 0.2) is 23.0 Å². The summed E-state index contributed by atoms with van der Waals surface area (Å²) in [5.74, 6) is 0.387. The van der Waals surface area contributed by atoms with Crippen molar-refractivity contribution >= 4 is 22.9 Å². The van der Waals surface area contributed by atoms with E-state index >= 15 is 0 Å². The number of nitrogens with zero attached hydrogens (tertiary/aromatic N) is 1. The molecule has 2 rings (SSSR count). The summed E-state index contributed by atoms with van der Waals surface area (Å²) < 4.78 is 0. The first-order chi connectivity index (χ1) is 7.27. The largest absolute Gasteiger partial charge is 0.383 e. The van der Waals surface area contributed by atoms with Crippen molar-refractivity contribution in [1.82, 2.24) is 10.2 Å². The van der Waals surface area contributed by atoms with Crippen LogP contribution in [-0.4, -0.2) is 16.0 Å². The van der Waals surface area contributed by atoms with Gasteiger partial charge in [-0.15, -0.1) is 0 Å². The molecular formula is C10H11N3OS. The minimum absolute atomic E-state index is 0.0347. The molecule has 5 heteroatoms. The molecule has 0 saturated carbocycles. The predicted molar refractivity (Wildman–Crippen MR) is 60.0 cm³/mol. The molecule has 2 heterocycles. The molecule has 0 aliphatic heterocycles. The molecule has 0 fully saturated rings. The topological polar surface area (TPSA) is 71.8 Å². The zero-order valence-corrected chi connectivity index (χ0v) is 8.88. The number of thiophene rings is 1. The van der Waals surface area contributed by atoms with E-state index < -0.39 is 0 Å². The van der Waals surface area contributed by atoms with Crippen LogP contribution in [-0.2, 0) is 6.42 Å². The van der Waals surface area contributed by atoms with Crippen molar-refractivity contribution in [2.75, 3.05) is 5.73 Å². The first-order valence-corrected chi connectivity index (χ1v) is 5.55. The van der Waals surface area contributed by atoms with E-state index in [9.17, 15) is 4.79 Å². The maximum Gasteiger partial charge on any atom is 0.168 e. The van der Waals surface area contributed by atoms with Gasteiger partial charge in [-0.1, -0.05) is 0 Å². The van der Waals surface area contributed by atoms with Crippen LogP contribution < -0.4 is 5.73 Å². The molecule has 3 N–H and O–H groups in total. The number of aromatic nitrogens is 2. The molecule has 15 heavy (non-hydrogen) atoms. The van der Waals surface area contributed by atoms with Crippen molar-refractivity contribution in [2.24, 2.45) is 0 Å². The van der Waals surface area contributed by atoms with Gasteiger partial charge in [0.25, 0.3) is 0 Å². The smallest absolute Gasteiger partial charge is 0.168 e. The molecule has 0 saturated heterocycles. The zero-order chi connectivity index (χ0) is 10.7. The Bertz CT molecular complexity index is 447. The van der Waals surface area contributed by atoms with Crippen LogP contribution in [0.1, 0.15) is 22.3 Å². The van der Waals surface area contributed by atoms with Gasteiger partial charge in [-0.25, -0.2) is 0 Å². The summed E-state index contributed by atoms with van der Waals surface area (Å²) in [6.45, 7) is 0. The van der Waals surface area contributed by atoms with Gasteiger partial charge < -0.3 is 5.73 Å². The maximum absolute atomic E-state index is 11.7. The average Bonchev–Trinajstić information content (AvgIpc) is 2.84. The summed E-state index contributed by atoms with van der Waals surface area (Å²) >= 11 is 1.64. The lowest BCUT2D eigenvalue weighted by Gasteiger charge is -1.97. The van der Waals surface area contributed by atoms with Gasteiger partial charge in [0.05, 0.1) is 11.8 Å². The molecule has 0 aromatic carbocycles. The third-order valence-corrected chi connectivity index (χ3v) is 2.92. The Hall–Kier alpha value is -1.62. The number of Topliss-reactive ketones (excluding diaryl/α,β-unsaturated/α-hetero) is 1. The Morgan fingerprint density at radius 3 is 3.07 bits per heavy atom. The molecule has 2 aromatic heterocycles. The van der Waals surface area contributed by atoms with Crippen molar-refractivity contribution in [2.45, 2.75) is 12.8 Å². The molecule has 0 spiro atoms. The number of carbonyl (C=O) groups excluding carboxylic acids is 1.